The molecular weight excluding hydrogens is 316 g/mol. The van der Waals surface area contributed by atoms with Gasteiger partial charge in [-0.25, -0.2) is 0 Å². The second kappa shape index (κ2) is 6.79. The van der Waals surface area contributed by atoms with Gasteiger partial charge in [0.1, 0.15) is 0 Å². The van der Waals surface area contributed by atoms with Crippen molar-refractivity contribution in [1.29, 1.82) is 0 Å². The van der Waals surface area contributed by atoms with E-state index < -0.39 is 0 Å². The predicted molar refractivity (Wildman–Crippen MR) is 95.7 cm³/mol. The molecule has 3 aliphatic rings. The first-order valence-electron chi connectivity index (χ1n) is 9.41. The first kappa shape index (κ1) is 16.6. The topological polar surface area (TPSA) is 49.9 Å². The van der Waals surface area contributed by atoms with Crippen molar-refractivity contribution in [2.75, 3.05) is 37.7 Å². The average molecular weight is 342 g/mol. The Morgan fingerprint density at radius 2 is 1.88 bits per heavy atom. The van der Waals surface area contributed by atoms with Crippen LogP contribution in [0.3, 0.4) is 0 Å². The molecule has 2 saturated heterocycles. The molecule has 1 aromatic carbocycles. The third-order valence-corrected chi connectivity index (χ3v) is 6.05. The summed E-state index contributed by atoms with van der Waals surface area (Å²) in [5, 5.41) is 0. The number of likely N-dealkylation sites (tertiary alicyclic amines) is 1. The smallest absolute Gasteiger partial charge is 0.253 e. The van der Waals surface area contributed by atoms with Crippen molar-refractivity contribution in [3.63, 3.8) is 0 Å². The molecular formula is C20H26N2O3. The van der Waals surface area contributed by atoms with Crippen LogP contribution in [0.4, 0.5) is 5.69 Å². The number of benzene rings is 1. The number of ether oxygens (including phenoxy) is 1. The summed E-state index contributed by atoms with van der Waals surface area (Å²) in [5.41, 5.74) is 2.84. The lowest BCUT2D eigenvalue weighted by molar-refractivity contribution is -0.116. The molecule has 134 valence electrons. The van der Waals surface area contributed by atoms with Crippen LogP contribution in [-0.4, -0.2) is 49.6 Å². The highest BCUT2D eigenvalue weighted by Gasteiger charge is 2.33. The van der Waals surface area contributed by atoms with Crippen LogP contribution in [0.1, 0.15) is 42.1 Å². The van der Waals surface area contributed by atoms with E-state index in [0.717, 1.165) is 75.3 Å². The van der Waals surface area contributed by atoms with Gasteiger partial charge in [0.05, 0.1) is 0 Å². The number of hydrogen-bond donors (Lipinski definition) is 0. The van der Waals surface area contributed by atoms with Crippen molar-refractivity contribution in [2.24, 2.45) is 11.8 Å². The Balaban J connectivity index is 1.44. The summed E-state index contributed by atoms with van der Waals surface area (Å²) >= 11 is 0. The van der Waals surface area contributed by atoms with Crippen molar-refractivity contribution in [2.45, 2.75) is 32.6 Å². The lowest BCUT2D eigenvalue weighted by Gasteiger charge is -2.27. The Morgan fingerprint density at radius 1 is 1.08 bits per heavy atom. The zero-order valence-electron chi connectivity index (χ0n) is 14.9. The summed E-state index contributed by atoms with van der Waals surface area (Å²) in [5.74, 6) is 1.53. The number of rotatable bonds is 2. The van der Waals surface area contributed by atoms with Gasteiger partial charge in [0.25, 0.3) is 5.91 Å². The highest BCUT2D eigenvalue weighted by atomic mass is 16.5. The summed E-state index contributed by atoms with van der Waals surface area (Å²) < 4.78 is 5.46. The van der Waals surface area contributed by atoms with Crippen LogP contribution in [0.15, 0.2) is 18.2 Å². The zero-order valence-corrected chi connectivity index (χ0v) is 14.9. The minimum Gasteiger partial charge on any atom is -0.381 e. The molecule has 0 spiro atoms. The van der Waals surface area contributed by atoms with Crippen LogP contribution >= 0.6 is 0 Å². The highest BCUT2D eigenvalue weighted by molar-refractivity contribution is 5.98. The van der Waals surface area contributed by atoms with Gasteiger partial charge in [0.15, 0.2) is 0 Å². The van der Waals surface area contributed by atoms with Gasteiger partial charge in [0.2, 0.25) is 5.91 Å². The number of carbonyl (C=O) groups is 2. The number of fused-ring (bicyclic) bond motifs is 1. The molecule has 1 aromatic rings. The van der Waals surface area contributed by atoms with Gasteiger partial charge in [-0.1, -0.05) is 0 Å². The van der Waals surface area contributed by atoms with Crippen molar-refractivity contribution in [3.05, 3.63) is 29.3 Å². The quantitative estimate of drug-likeness (QED) is 0.830. The average Bonchev–Trinajstić information content (AvgIpc) is 3.28. The molecule has 0 N–H and O–H groups in total. The van der Waals surface area contributed by atoms with Gasteiger partial charge >= 0.3 is 0 Å². The van der Waals surface area contributed by atoms with E-state index in [1.165, 1.54) is 0 Å². The fourth-order valence-corrected chi connectivity index (χ4v) is 4.59. The Morgan fingerprint density at radius 3 is 2.64 bits per heavy atom. The fourth-order valence-electron chi connectivity index (χ4n) is 4.59. The van der Waals surface area contributed by atoms with E-state index in [0.29, 0.717) is 11.8 Å². The van der Waals surface area contributed by atoms with Crippen LogP contribution in [0.5, 0.6) is 0 Å². The van der Waals surface area contributed by atoms with Gasteiger partial charge in [0, 0.05) is 51.0 Å². The Labute approximate surface area is 148 Å². The molecule has 3 aliphatic heterocycles. The molecule has 0 aliphatic carbocycles. The predicted octanol–water partition coefficient (Wildman–Crippen LogP) is 2.48. The Hall–Kier alpha value is -1.88. The molecule has 3 heterocycles. The van der Waals surface area contributed by atoms with E-state index >= 15 is 0 Å². The first-order chi connectivity index (χ1) is 12.1. The van der Waals surface area contributed by atoms with Gasteiger partial charge in [-0.3, -0.25) is 9.59 Å². The van der Waals surface area contributed by atoms with E-state index in [1.807, 2.05) is 23.1 Å². The first-order valence-corrected chi connectivity index (χ1v) is 9.41. The number of amides is 2. The summed E-state index contributed by atoms with van der Waals surface area (Å²) in [6.07, 6.45) is 4.21. The standard InChI is InChI=1S/C20H26N2O3/c1-14(23)22-9-5-16-12-17(2-3-19(16)22)20(24)21-8-4-18(13-21)15-6-10-25-11-7-15/h2-3,12,15,18H,4-11,13H2,1H3. The van der Waals surface area contributed by atoms with Crippen molar-refractivity contribution >= 4 is 17.5 Å². The second-order valence-corrected chi connectivity index (χ2v) is 7.51. The molecule has 5 nitrogen and oxygen atoms in total. The largest absolute Gasteiger partial charge is 0.381 e. The summed E-state index contributed by atoms with van der Waals surface area (Å²) in [7, 11) is 0. The molecule has 5 heteroatoms. The van der Waals surface area contributed by atoms with Crippen LogP contribution in [0.2, 0.25) is 0 Å². The number of nitrogens with zero attached hydrogens (tertiary/aromatic N) is 2. The molecule has 2 amide bonds. The van der Waals surface area contributed by atoms with Crippen LogP contribution in [-0.2, 0) is 16.0 Å². The maximum absolute atomic E-state index is 12.9. The van der Waals surface area contributed by atoms with E-state index in [9.17, 15) is 9.59 Å². The molecule has 0 bridgehead atoms. The molecule has 25 heavy (non-hydrogen) atoms. The number of carbonyl (C=O) groups excluding carboxylic acids is 2. The van der Waals surface area contributed by atoms with E-state index in [-0.39, 0.29) is 11.8 Å². The Bertz CT molecular complexity index is 682. The monoisotopic (exact) mass is 342 g/mol. The van der Waals surface area contributed by atoms with Gasteiger partial charge in [-0.05, 0) is 61.3 Å². The SMILES string of the molecule is CC(=O)N1CCc2cc(C(=O)N3CCC(C4CCOCC4)C3)ccc21. The molecule has 2 fully saturated rings. The summed E-state index contributed by atoms with van der Waals surface area (Å²) in [6, 6.07) is 5.80. The minimum absolute atomic E-state index is 0.0664. The molecule has 0 saturated carbocycles. The van der Waals surface area contributed by atoms with Crippen LogP contribution in [0, 0.1) is 11.8 Å². The highest BCUT2D eigenvalue weighted by Crippen LogP contribution is 2.33. The van der Waals surface area contributed by atoms with Crippen molar-refractivity contribution in [1.82, 2.24) is 4.90 Å². The van der Waals surface area contributed by atoms with E-state index in [2.05, 4.69) is 0 Å². The zero-order chi connectivity index (χ0) is 17.4. The fraction of sp³-hybridized carbons (Fsp3) is 0.600. The summed E-state index contributed by atoms with van der Waals surface area (Å²) in [6.45, 7) is 5.78. The maximum Gasteiger partial charge on any atom is 0.253 e. The van der Waals surface area contributed by atoms with Gasteiger partial charge < -0.3 is 14.5 Å². The van der Waals surface area contributed by atoms with Crippen LogP contribution < -0.4 is 4.90 Å². The molecule has 1 atom stereocenters. The Kier molecular flexibility index (Phi) is 4.50. The number of hydrogen-bond acceptors (Lipinski definition) is 3. The summed E-state index contributed by atoms with van der Waals surface area (Å²) in [4.78, 5) is 28.4. The normalized spacial score (nSPS) is 23.8. The molecule has 0 radical (unpaired) electrons. The van der Waals surface area contributed by atoms with Gasteiger partial charge in [-0.15, -0.1) is 0 Å². The number of anilines is 1. The van der Waals surface area contributed by atoms with Crippen LogP contribution in [0.25, 0.3) is 0 Å². The third-order valence-electron chi connectivity index (χ3n) is 6.05. The molecule has 0 aromatic heterocycles. The van der Waals surface area contributed by atoms with Gasteiger partial charge in [-0.2, -0.15) is 0 Å². The van der Waals surface area contributed by atoms with Crippen molar-refractivity contribution < 1.29 is 14.3 Å². The lowest BCUT2D eigenvalue weighted by Crippen LogP contribution is -2.31. The third kappa shape index (κ3) is 3.17. The second-order valence-electron chi connectivity index (χ2n) is 7.51. The minimum atomic E-state index is 0.0664. The van der Waals surface area contributed by atoms with E-state index in [4.69, 9.17) is 4.74 Å². The maximum atomic E-state index is 12.9. The van der Waals surface area contributed by atoms with Crippen molar-refractivity contribution in [3.8, 4) is 0 Å². The molecule has 4 rings (SSSR count). The molecule has 1 unspecified atom stereocenters. The lowest BCUT2D eigenvalue weighted by atomic mass is 9.85. The van der Waals surface area contributed by atoms with E-state index in [1.54, 1.807) is 11.8 Å².